The zero-order chi connectivity index (χ0) is 17.0. The highest BCUT2D eigenvalue weighted by Crippen LogP contribution is 2.32. The fourth-order valence-electron chi connectivity index (χ4n) is 3.74. The number of carbonyl (C=O) groups excluding carboxylic acids is 2. The third kappa shape index (κ3) is 4.93. The molecule has 23 heavy (non-hydrogen) atoms. The zero-order valence-corrected chi connectivity index (χ0v) is 14.9. The normalized spacial score (nSPS) is 30.7. The van der Waals surface area contributed by atoms with Gasteiger partial charge in [-0.05, 0) is 18.3 Å². The molecule has 0 bridgehead atoms. The number of hydrogen-bond donors (Lipinski definition) is 1. The maximum atomic E-state index is 12.7. The zero-order valence-electron chi connectivity index (χ0n) is 14.1. The minimum Gasteiger partial charge on any atom is -0.359 e. The molecule has 1 aliphatic carbocycles. The number of sulfone groups is 1. The molecule has 0 aromatic heterocycles. The number of rotatable bonds is 4. The molecule has 0 spiro atoms. The Morgan fingerprint density at radius 3 is 2.52 bits per heavy atom. The first-order valence-electron chi connectivity index (χ1n) is 8.53. The van der Waals surface area contributed by atoms with Crippen molar-refractivity contribution in [1.82, 2.24) is 10.2 Å². The molecule has 1 heterocycles. The summed E-state index contributed by atoms with van der Waals surface area (Å²) >= 11 is 0. The Kier molecular flexibility index (Phi) is 6.06. The molecule has 0 radical (unpaired) electrons. The lowest BCUT2D eigenvalue weighted by Gasteiger charge is -2.37. The smallest absolute Gasteiger partial charge is 0.223 e. The largest absolute Gasteiger partial charge is 0.359 e. The average molecular weight is 344 g/mol. The van der Waals surface area contributed by atoms with Gasteiger partial charge in [-0.2, -0.15) is 0 Å². The van der Waals surface area contributed by atoms with E-state index in [4.69, 9.17) is 0 Å². The van der Waals surface area contributed by atoms with Gasteiger partial charge in [0.05, 0.1) is 17.5 Å². The van der Waals surface area contributed by atoms with Crippen LogP contribution in [0.3, 0.4) is 0 Å². The van der Waals surface area contributed by atoms with Crippen LogP contribution in [0.2, 0.25) is 0 Å². The van der Waals surface area contributed by atoms with E-state index in [1.54, 1.807) is 4.90 Å². The van der Waals surface area contributed by atoms with Gasteiger partial charge in [-0.25, -0.2) is 8.42 Å². The lowest BCUT2D eigenvalue weighted by Crippen LogP contribution is -2.53. The van der Waals surface area contributed by atoms with E-state index in [2.05, 4.69) is 12.2 Å². The fraction of sp³-hybridized carbons (Fsp3) is 0.875. The van der Waals surface area contributed by atoms with Gasteiger partial charge in [-0.3, -0.25) is 9.59 Å². The van der Waals surface area contributed by atoms with E-state index in [1.165, 1.54) is 19.9 Å². The van der Waals surface area contributed by atoms with Gasteiger partial charge in [-0.1, -0.05) is 26.2 Å². The summed E-state index contributed by atoms with van der Waals surface area (Å²) in [6.07, 6.45) is 5.16. The molecule has 1 aliphatic heterocycles. The number of carbonyl (C=O) groups is 2. The predicted molar refractivity (Wildman–Crippen MR) is 88.6 cm³/mol. The first-order valence-corrected chi connectivity index (χ1v) is 10.3. The van der Waals surface area contributed by atoms with Crippen molar-refractivity contribution in [1.29, 1.82) is 0 Å². The number of amides is 2. The molecule has 2 amide bonds. The second-order valence-corrected chi connectivity index (χ2v) is 9.19. The van der Waals surface area contributed by atoms with Crippen LogP contribution in [0.25, 0.3) is 0 Å². The Morgan fingerprint density at radius 1 is 1.17 bits per heavy atom. The Labute approximate surface area is 138 Å². The number of hydrogen-bond acceptors (Lipinski definition) is 4. The quantitative estimate of drug-likeness (QED) is 0.823. The molecule has 0 aromatic rings. The van der Waals surface area contributed by atoms with E-state index in [0.29, 0.717) is 18.3 Å². The molecule has 7 heteroatoms. The summed E-state index contributed by atoms with van der Waals surface area (Å²) in [5.41, 5.74) is 0. The molecule has 2 aliphatic rings. The lowest BCUT2D eigenvalue weighted by atomic mass is 9.78. The maximum Gasteiger partial charge on any atom is 0.223 e. The van der Waals surface area contributed by atoms with Crippen LogP contribution in [0.1, 0.15) is 45.4 Å². The molecule has 2 rings (SSSR count). The van der Waals surface area contributed by atoms with Crippen LogP contribution >= 0.6 is 0 Å². The topological polar surface area (TPSA) is 83.6 Å². The van der Waals surface area contributed by atoms with Crippen LogP contribution < -0.4 is 5.32 Å². The van der Waals surface area contributed by atoms with Crippen molar-refractivity contribution < 1.29 is 18.0 Å². The van der Waals surface area contributed by atoms with Gasteiger partial charge in [0, 0.05) is 26.4 Å². The Morgan fingerprint density at radius 2 is 1.87 bits per heavy atom. The van der Waals surface area contributed by atoms with Crippen molar-refractivity contribution in [3.05, 3.63) is 0 Å². The molecule has 1 saturated carbocycles. The van der Waals surface area contributed by atoms with Gasteiger partial charge in [0.1, 0.15) is 0 Å². The summed E-state index contributed by atoms with van der Waals surface area (Å²) in [7, 11) is -1.65. The van der Waals surface area contributed by atoms with Crippen LogP contribution in [0.5, 0.6) is 0 Å². The fourth-order valence-corrected chi connectivity index (χ4v) is 5.26. The van der Waals surface area contributed by atoms with Crippen molar-refractivity contribution in [2.45, 2.75) is 51.5 Å². The van der Waals surface area contributed by atoms with Crippen LogP contribution in [0, 0.1) is 11.8 Å². The van der Waals surface area contributed by atoms with E-state index >= 15 is 0 Å². The second-order valence-electron chi connectivity index (χ2n) is 6.96. The highest BCUT2D eigenvalue weighted by Gasteiger charge is 2.36. The lowest BCUT2D eigenvalue weighted by molar-refractivity contribution is -0.135. The van der Waals surface area contributed by atoms with Gasteiger partial charge < -0.3 is 10.2 Å². The third-order valence-electron chi connectivity index (χ3n) is 5.28. The van der Waals surface area contributed by atoms with E-state index in [0.717, 1.165) is 12.8 Å². The molecule has 2 fully saturated rings. The molecule has 1 saturated heterocycles. The molecule has 3 unspecified atom stereocenters. The third-order valence-corrected chi connectivity index (χ3v) is 6.97. The highest BCUT2D eigenvalue weighted by atomic mass is 32.2. The Hall–Kier alpha value is -1.11. The van der Waals surface area contributed by atoms with Crippen molar-refractivity contribution >= 4 is 21.7 Å². The van der Waals surface area contributed by atoms with E-state index < -0.39 is 15.9 Å². The SMILES string of the molecule is CNC(=O)CC1CS(=O)(=O)CCN1C(=O)CC1CCCCC1C. The molecule has 6 nitrogen and oxygen atoms in total. The predicted octanol–water partition coefficient (Wildman–Crippen LogP) is 0.965. The van der Waals surface area contributed by atoms with Gasteiger partial charge in [-0.15, -0.1) is 0 Å². The van der Waals surface area contributed by atoms with E-state index in [1.807, 2.05) is 0 Å². The van der Waals surface area contributed by atoms with Crippen molar-refractivity contribution in [3.8, 4) is 0 Å². The second kappa shape index (κ2) is 7.64. The minimum absolute atomic E-state index is 0.00318. The van der Waals surface area contributed by atoms with Crippen LogP contribution in [-0.4, -0.2) is 56.3 Å². The number of nitrogens with zero attached hydrogens (tertiary/aromatic N) is 1. The summed E-state index contributed by atoms with van der Waals surface area (Å²) in [5.74, 6) is 0.604. The van der Waals surface area contributed by atoms with Crippen LogP contribution in [0.4, 0.5) is 0 Å². The average Bonchev–Trinajstić information content (AvgIpc) is 2.48. The molecule has 1 N–H and O–H groups in total. The van der Waals surface area contributed by atoms with Gasteiger partial charge in [0.2, 0.25) is 11.8 Å². The molecule has 3 atom stereocenters. The van der Waals surface area contributed by atoms with Gasteiger partial charge in [0.25, 0.3) is 0 Å². The molecule has 132 valence electrons. The van der Waals surface area contributed by atoms with Crippen molar-refractivity contribution in [2.24, 2.45) is 11.8 Å². The Bertz CT molecular complexity index is 546. The van der Waals surface area contributed by atoms with E-state index in [-0.39, 0.29) is 36.3 Å². The summed E-state index contributed by atoms with van der Waals surface area (Å²) in [6, 6.07) is -0.528. The summed E-state index contributed by atoms with van der Waals surface area (Å²) in [4.78, 5) is 26.0. The molecular formula is C16H28N2O4S. The van der Waals surface area contributed by atoms with Crippen molar-refractivity contribution in [2.75, 3.05) is 25.1 Å². The first kappa shape index (κ1) is 18.2. The summed E-state index contributed by atoms with van der Waals surface area (Å²) < 4.78 is 23.7. The standard InChI is InChI=1S/C16H28N2O4S/c1-12-5-3-4-6-13(12)9-16(20)18-7-8-23(21,22)11-14(18)10-15(19)17-2/h12-14H,3-11H2,1-2H3,(H,17,19). The first-order chi connectivity index (χ1) is 10.8. The van der Waals surface area contributed by atoms with Crippen LogP contribution in [-0.2, 0) is 19.4 Å². The maximum absolute atomic E-state index is 12.7. The summed E-state index contributed by atoms with van der Waals surface area (Å²) in [5, 5.41) is 2.52. The molecular weight excluding hydrogens is 316 g/mol. The van der Waals surface area contributed by atoms with Gasteiger partial charge >= 0.3 is 0 Å². The summed E-state index contributed by atoms with van der Waals surface area (Å²) in [6.45, 7) is 2.41. The molecule has 0 aromatic carbocycles. The van der Waals surface area contributed by atoms with Crippen LogP contribution in [0.15, 0.2) is 0 Å². The highest BCUT2D eigenvalue weighted by molar-refractivity contribution is 7.91. The van der Waals surface area contributed by atoms with Crippen molar-refractivity contribution in [3.63, 3.8) is 0 Å². The van der Waals surface area contributed by atoms with E-state index in [9.17, 15) is 18.0 Å². The number of nitrogens with one attached hydrogen (secondary N) is 1. The Balaban J connectivity index is 2.04. The minimum atomic E-state index is -3.17. The monoisotopic (exact) mass is 344 g/mol. The van der Waals surface area contributed by atoms with Gasteiger partial charge in [0.15, 0.2) is 9.84 Å².